The van der Waals surface area contributed by atoms with Crippen molar-refractivity contribution in [3.05, 3.63) is 33.8 Å². The fourth-order valence-corrected chi connectivity index (χ4v) is 2.32. The molecule has 0 amide bonds. The molecule has 0 radical (unpaired) electrons. The lowest BCUT2D eigenvalue weighted by molar-refractivity contribution is 0.498. The molecule has 0 fully saturated rings. The van der Waals surface area contributed by atoms with E-state index in [1.165, 1.54) is 18.4 Å². The summed E-state index contributed by atoms with van der Waals surface area (Å²) < 4.78 is 0. The molecule has 0 saturated heterocycles. The largest absolute Gasteiger partial charge is 0.314 e. The fourth-order valence-electron chi connectivity index (χ4n) is 1.82. The van der Waals surface area contributed by atoms with Gasteiger partial charge in [0.1, 0.15) is 0 Å². The van der Waals surface area contributed by atoms with Crippen LogP contribution in [0.2, 0.25) is 10.0 Å². The maximum absolute atomic E-state index is 6.13. The van der Waals surface area contributed by atoms with E-state index in [9.17, 15) is 0 Å². The van der Waals surface area contributed by atoms with Crippen molar-refractivity contribution in [3.63, 3.8) is 0 Å². The fraction of sp³-hybridized carbons (Fsp3) is 0.571. The highest BCUT2D eigenvalue weighted by Gasteiger charge is 2.04. The van der Waals surface area contributed by atoms with Gasteiger partial charge < -0.3 is 5.32 Å². The molecule has 1 nitrogen and oxygen atoms in total. The summed E-state index contributed by atoms with van der Waals surface area (Å²) >= 11 is 12.0. The zero-order chi connectivity index (χ0) is 12.7. The van der Waals surface area contributed by atoms with Gasteiger partial charge in [-0.15, -0.1) is 0 Å². The Hall–Kier alpha value is -0.240. The van der Waals surface area contributed by atoms with Gasteiger partial charge in [-0.1, -0.05) is 36.2 Å². The van der Waals surface area contributed by atoms with E-state index in [4.69, 9.17) is 23.2 Å². The molecular weight excluding hydrogens is 253 g/mol. The number of hydrogen-bond acceptors (Lipinski definition) is 1. The molecule has 1 aromatic rings. The first kappa shape index (κ1) is 14.8. The van der Waals surface area contributed by atoms with Gasteiger partial charge in [-0.25, -0.2) is 0 Å². The summed E-state index contributed by atoms with van der Waals surface area (Å²) in [5.41, 5.74) is 1.19. The normalized spacial score (nSPS) is 12.7. The minimum Gasteiger partial charge on any atom is -0.314 e. The van der Waals surface area contributed by atoms with Gasteiger partial charge in [-0.05, 0) is 56.8 Å². The molecule has 0 spiro atoms. The predicted octanol–water partition coefficient (Wildman–Crippen LogP) is 4.70. The Morgan fingerprint density at radius 3 is 2.71 bits per heavy atom. The number of benzene rings is 1. The topological polar surface area (TPSA) is 12.0 Å². The molecule has 0 aliphatic rings. The lowest BCUT2D eigenvalue weighted by atomic mass is 10.1. The smallest absolute Gasteiger partial charge is 0.0452 e. The van der Waals surface area contributed by atoms with E-state index in [1.807, 2.05) is 18.2 Å². The molecule has 96 valence electrons. The van der Waals surface area contributed by atoms with E-state index in [-0.39, 0.29) is 0 Å². The van der Waals surface area contributed by atoms with Crippen molar-refractivity contribution in [2.45, 2.75) is 45.6 Å². The molecule has 0 aromatic heterocycles. The molecule has 1 rings (SSSR count). The van der Waals surface area contributed by atoms with Gasteiger partial charge in [-0.2, -0.15) is 0 Å². The first-order valence-electron chi connectivity index (χ1n) is 6.30. The second-order valence-corrected chi connectivity index (χ2v) is 5.33. The molecule has 17 heavy (non-hydrogen) atoms. The zero-order valence-electron chi connectivity index (χ0n) is 10.6. The highest BCUT2D eigenvalue weighted by Crippen LogP contribution is 2.22. The van der Waals surface area contributed by atoms with Crippen LogP contribution < -0.4 is 5.32 Å². The summed E-state index contributed by atoms with van der Waals surface area (Å²) in [7, 11) is 0. The van der Waals surface area contributed by atoms with Crippen LogP contribution in [0.25, 0.3) is 0 Å². The quantitative estimate of drug-likeness (QED) is 0.759. The Balaban J connectivity index is 2.30. The Bertz CT molecular complexity index is 339. The summed E-state index contributed by atoms with van der Waals surface area (Å²) in [6.45, 7) is 5.52. The van der Waals surface area contributed by atoms with Crippen molar-refractivity contribution in [3.8, 4) is 0 Å². The van der Waals surface area contributed by atoms with Crippen LogP contribution in [0.15, 0.2) is 18.2 Å². The molecule has 1 N–H and O–H groups in total. The number of nitrogens with one attached hydrogen (secondary N) is 1. The molecule has 1 aromatic carbocycles. The molecule has 0 aliphatic heterocycles. The molecule has 0 bridgehead atoms. The van der Waals surface area contributed by atoms with Gasteiger partial charge in [-0.3, -0.25) is 0 Å². The average molecular weight is 274 g/mol. The number of rotatable bonds is 7. The van der Waals surface area contributed by atoms with Crippen LogP contribution in [-0.2, 0) is 6.42 Å². The van der Waals surface area contributed by atoms with Gasteiger partial charge in [0.15, 0.2) is 0 Å². The van der Waals surface area contributed by atoms with Crippen LogP contribution in [0, 0.1) is 0 Å². The number of hydrogen-bond donors (Lipinski definition) is 1. The van der Waals surface area contributed by atoms with E-state index in [1.54, 1.807) is 0 Å². The van der Waals surface area contributed by atoms with Crippen LogP contribution in [0.4, 0.5) is 0 Å². The third-order valence-electron chi connectivity index (χ3n) is 2.84. The van der Waals surface area contributed by atoms with Crippen LogP contribution in [0.5, 0.6) is 0 Å². The lowest BCUT2D eigenvalue weighted by Gasteiger charge is -2.13. The van der Waals surface area contributed by atoms with Crippen LogP contribution in [-0.4, -0.2) is 12.6 Å². The van der Waals surface area contributed by atoms with E-state index in [0.29, 0.717) is 11.1 Å². The Morgan fingerprint density at radius 2 is 2.06 bits per heavy atom. The first-order valence-corrected chi connectivity index (χ1v) is 7.06. The van der Waals surface area contributed by atoms with E-state index < -0.39 is 0 Å². The minimum absolute atomic E-state index is 0.584. The molecule has 3 heteroatoms. The maximum Gasteiger partial charge on any atom is 0.0452 e. The van der Waals surface area contributed by atoms with Gasteiger partial charge >= 0.3 is 0 Å². The van der Waals surface area contributed by atoms with Gasteiger partial charge in [0.2, 0.25) is 0 Å². The predicted molar refractivity (Wildman–Crippen MR) is 77.2 cm³/mol. The summed E-state index contributed by atoms with van der Waals surface area (Å²) in [6, 6.07) is 6.33. The SMILES string of the molecule is CCCNC(C)CCCc1ccc(Cl)cc1Cl. The molecule has 1 unspecified atom stereocenters. The standard InChI is InChI=1S/C14H21Cl2N/c1-3-9-17-11(2)5-4-6-12-7-8-13(15)10-14(12)16/h7-8,10-11,17H,3-6,9H2,1-2H3. The van der Waals surface area contributed by atoms with Crippen molar-refractivity contribution in [2.75, 3.05) is 6.54 Å². The number of halogens is 2. The summed E-state index contributed by atoms with van der Waals surface area (Å²) in [5, 5.41) is 4.98. The van der Waals surface area contributed by atoms with E-state index in [2.05, 4.69) is 19.2 Å². The maximum atomic E-state index is 6.13. The highest BCUT2D eigenvalue weighted by atomic mass is 35.5. The Morgan fingerprint density at radius 1 is 1.29 bits per heavy atom. The van der Waals surface area contributed by atoms with Crippen molar-refractivity contribution in [1.82, 2.24) is 5.32 Å². The van der Waals surface area contributed by atoms with Gasteiger partial charge in [0.25, 0.3) is 0 Å². The lowest BCUT2D eigenvalue weighted by Crippen LogP contribution is -2.26. The second kappa shape index (κ2) is 7.97. The van der Waals surface area contributed by atoms with Crippen molar-refractivity contribution < 1.29 is 0 Å². The van der Waals surface area contributed by atoms with Crippen LogP contribution in [0.1, 0.15) is 38.7 Å². The second-order valence-electron chi connectivity index (χ2n) is 4.48. The molecule has 0 heterocycles. The Kier molecular flexibility index (Phi) is 6.94. The van der Waals surface area contributed by atoms with E-state index >= 15 is 0 Å². The van der Waals surface area contributed by atoms with Gasteiger partial charge in [0, 0.05) is 16.1 Å². The number of aryl methyl sites for hydroxylation is 1. The summed E-state index contributed by atoms with van der Waals surface area (Å²) in [5.74, 6) is 0. The van der Waals surface area contributed by atoms with Crippen molar-refractivity contribution in [1.29, 1.82) is 0 Å². The summed E-state index contributed by atoms with van der Waals surface area (Å²) in [6.07, 6.45) is 4.54. The third kappa shape index (κ3) is 5.76. The third-order valence-corrected chi connectivity index (χ3v) is 3.43. The van der Waals surface area contributed by atoms with Crippen molar-refractivity contribution >= 4 is 23.2 Å². The zero-order valence-corrected chi connectivity index (χ0v) is 12.1. The Labute approximate surface area is 115 Å². The molecule has 1 atom stereocenters. The summed E-state index contributed by atoms with van der Waals surface area (Å²) in [4.78, 5) is 0. The first-order chi connectivity index (χ1) is 8.13. The van der Waals surface area contributed by atoms with Crippen LogP contribution in [0.3, 0.4) is 0 Å². The van der Waals surface area contributed by atoms with Crippen molar-refractivity contribution in [2.24, 2.45) is 0 Å². The molecule has 0 saturated carbocycles. The monoisotopic (exact) mass is 273 g/mol. The molecular formula is C14H21Cl2N. The molecule has 0 aliphatic carbocycles. The van der Waals surface area contributed by atoms with Gasteiger partial charge in [0.05, 0.1) is 0 Å². The minimum atomic E-state index is 0.584. The van der Waals surface area contributed by atoms with Crippen LogP contribution >= 0.6 is 23.2 Å². The highest BCUT2D eigenvalue weighted by molar-refractivity contribution is 6.35. The van der Waals surface area contributed by atoms with E-state index in [0.717, 1.165) is 24.4 Å². The average Bonchev–Trinajstić information content (AvgIpc) is 2.29.